The van der Waals surface area contributed by atoms with Gasteiger partial charge in [0.15, 0.2) is 0 Å². The molecule has 1 aliphatic heterocycles. The lowest BCUT2D eigenvalue weighted by molar-refractivity contribution is 0.415. The molecule has 0 radical (unpaired) electrons. The van der Waals surface area contributed by atoms with Crippen LogP contribution in [0.1, 0.15) is 43.3 Å². The fourth-order valence-electron chi connectivity index (χ4n) is 2.75. The lowest BCUT2D eigenvalue weighted by Crippen LogP contribution is -2.26. The predicted molar refractivity (Wildman–Crippen MR) is 88.1 cm³/mol. The number of nitrogens with zero attached hydrogens (tertiary/aromatic N) is 2. The Labute approximate surface area is 132 Å². The average molecular weight is 297 g/mol. The van der Waals surface area contributed by atoms with Gasteiger partial charge in [-0.05, 0) is 30.7 Å². The minimum atomic E-state index is 0.386. The van der Waals surface area contributed by atoms with E-state index in [0.717, 1.165) is 48.8 Å². The molecule has 2 heterocycles. The van der Waals surface area contributed by atoms with Gasteiger partial charge in [-0.1, -0.05) is 13.8 Å². The largest absolute Gasteiger partial charge is 0.497 e. The van der Waals surface area contributed by atoms with Crippen LogP contribution in [-0.4, -0.2) is 23.6 Å². The smallest absolute Gasteiger partial charge is 0.132 e. The monoisotopic (exact) mass is 297 g/mol. The fraction of sp³-hybridized carbons (Fsp3) is 0.444. The van der Waals surface area contributed by atoms with Crippen LogP contribution in [0.4, 0.5) is 0 Å². The quantitative estimate of drug-likeness (QED) is 0.940. The maximum absolute atomic E-state index is 5.25. The van der Waals surface area contributed by atoms with Crippen molar-refractivity contribution in [3.63, 3.8) is 0 Å². The molecule has 22 heavy (non-hydrogen) atoms. The maximum Gasteiger partial charge on any atom is 0.132 e. The summed E-state index contributed by atoms with van der Waals surface area (Å²) >= 11 is 0. The highest BCUT2D eigenvalue weighted by atomic mass is 16.5. The molecule has 2 aromatic rings. The fourth-order valence-corrected chi connectivity index (χ4v) is 2.75. The van der Waals surface area contributed by atoms with Crippen LogP contribution in [0.15, 0.2) is 24.3 Å². The first-order chi connectivity index (χ1) is 10.7. The molecule has 0 spiro atoms. The molecule has 1 unspecified atom stereocenters. The Hall–Kier alpha value is -1.94. The summed E-state index contributed by atoms with van der Waals surface area (Å²) in [6, 6.07) is 8.14. The summed E-state index contributed by atoms with van der Waals surface area (Å²) < 4.78 is 5.25. The molecule has 1 atom stereocenters. The number of methoxy groups -OCH3 is 1. The second kappa shape index (κ2) is 6.44. The van der Waals surface area contributed by atoms with E-state index in [1.165, 1.54) is 11.3 Å². The molecule has 116 valence electrons. The summed E-state index contributed by atoms with van der Waals surface area (Å²) in [5, 5.41) is 3.43. The Morgan fingerprint density at radius 1 is 1.23 bits per heavy atom. The van der Waals surface area contributed by atoms with Crippen molar-refractivity contribution in [2.45, 2.75) is 39.2 Å². The van der Waals surface area contributed by atoms with Crippen LogP contribution >= 0.6 is 0 Å². The number of fused-ring (bicyclic) bond motifs is 1. The van der Waals surface area contributed by atoms with Crippen LogP contribution in [0, 0.1) is 0 Å². The Bertz CT molecular complexity index is 652. The summed E-state index contributed by atoms with van der Waals surface area (Å²) in [6.45, 7) is 6.21. The van der Waals surface area contributed by atoms with Crippen LogP contribution in [-0.2, 0) is 13.0 Å². The number of ether oxygens (including phenoxy) is 1. The summed E-state index contributed by atoms with van der Waals surface area (Å²) in [7, 11) is 1.69. The van der Waals surface area contributed by atoms with Gasteiger partial charge in [0.25, 0.3) is 0 Å². The Balaban J connectivity index is 2.10. The number of hydrogen-bond donors (Lipinski definition) is 1. The zero-order valence-corrected chi connectivity index (χ0v) is 13.5. The van der Waals surface area contributed by atoms with Crippen molar-refractivity contribution in [2.24, 2.45) is 0 Å². The van der Waals surface area contributed by atoms with Crippen molar-refractivity contribution < 1.29 is 4.74 Å². The first kappa shape index (κ1) is 15.0. The molecule has 0 aliphatic carbocycles. The SMILES string of the molecule is CCC(C)c1nc2c(c(-c3ccc(OC)cc3)n1)CNCC2. The van der Waals surface area contributed by atoms with E-state index in [9.17, 15) is 0 Å². The van der Waals surface area contributed by atoms with Gasteiger partial charge in [0.1, 0.15) is 11.6 Å². The standard InChI is InChI=1S/C18H23N3O/c1-4-12(2)18-20-16-9-10-19-11-15(16)17(21-18)13-5-7-14(22-3)8-6-13/h5-8,12,19H,4,9-11H2,1-3H3. The lowest BCUT2D eigenvalue weighted by atomic mass is 9.98. The van der Waals surface area contributed by atoms with E-state index in [1.807, 2.05) is 12.1 Å². The van der Waals surface area contributed by atoms with Gasteiger partial charge in [0, 0.05) is 36.6 Å². The number of rotatable bonds is 4. The van der Waals surface area contributed by atoms with E-state index in [2.05, 4.69) is 31.3 Å². The average Bonchev–Trinajstić information content (AvgIpc) is 2.60. The van der Waals surface area contributed by atoms with Crippen molar-refractivity contribution in [3.05, 3.63) is 41.3 Å². The highest BCUT2D eigenvalue weighted by Crippen LogP contribution is 2.29. The zero-order chi connectivity index (χ0) is 15.5. The summed E-state index contributed by atoms with van der Waals surface area (Å²) in [4.78, 5) is 9.72. The molecule has 1 aliphatic rings. The summed E-state index contributed by atoms with van der Waals surface area (Å²) in [6.07, 6.45) is 2.03. The van der Waals surface area contributed by atoms with Gasteiger partial charge in [0.05, 0.1) is 18.5 Å². The molecule has 0 bridgehead atoms. The van der Waals surface area contributed by atoms with Crippen molar-refractivity contribution in [3.8, 4) is 17.0 Å². The highest BCUT2D eigenvalue weighted by molar-refractivity contribution is 5.65. The van der Waals surface area contributed by atoms with Crippen LogP contribution in [0.5, 0.6) is 5.75 Å². The third-order valence-corrected chi connectivity index (χ3v) is 4.37. The van der Waals surface area contributed by atoms with Crippen LogP contribution in [0.3, 0.4) is 0 Å². The minimum absolute atomic E-state index is 0.386. The zero-order valence-electron chi connectivity index (χ0n) is 13.5. The molecule has 4 heteroatoms. The van der Waals surface area contributed by atoms with Crippen LogP contribution in [0.25, 0.3) is 11.3 Å². The predicted octanol–water partition coefficient (Wildman–Crippen LogP) is 3.31. The number of nitrogens with one attached hydrogen (secondary N) is 1. The first-order valence-electron chi connectivity index (χ1n) is 7.97. The van der Waals surface area contributed by atoms with Crippen molar-refractivity contribution in [2.75, 3.05) is 13.7 Å². The molecule has 0 fully saturated rings. The van der Waals surface area contributed by atoms with E-state index in [0.29, 0.717) is 5.92 Å². The van der Waals surface area contributed by atoms with Gasteiger partial charge >= 0.3 is 0 Å². The van der Waals surface area contributed by atoms with Gasteiger partial charge in [-0.3, -0.25) is 0 Å². The molecule has 3 rings (SSSR count). The summed E-state index contributed by atoms with van der Waals surface area (Å²) in [5.74, 6) is 2.22. The van der Waals surface area contributed by atoms with E-state index in [4.69, 9.17) is 14.7 Å². The Kier molecular flexibility index (Phi) is 4.39. The van der Waals surface area contributed by atoms with Crippen LogP contribution in [0.2, 0.25) is 0 Å². The van der Waals surface area contributed by atoms with Gasteiger partial charge < -0.3 is 10.1 Å². The molecular formula is C18H23N3O. The van der Waals surface area contributed by atoms with E-state index < -0.39 is 0 Å². The normalized spacial score (nSPS) is 15.2. The highest BCUT2D eigenvalue weighted by Gasteiger charge is 2.20. The van der Waals surface area contributed by atoms with Crippen molar-refractivity contribution >= 4 is 0 Å². The third-order valence-electron chi connectivity index (χ3n) is 4.37. The van der Waals surface area contributed by atoms with Gasteiger partial charge in [0.2, 0.25) is 0 Å². The van der Waals surface area contributed by atoms with E-state index >= 15 is 0 Å². The second-order valence-electron chi connectivity index (χ2n) is 5.82. The molecule has 0 saturated carbocycles. The topological polar surface area (TPSA) is 47.0 Å². The van der Waals surface area contributed by atoms with E-state index in [1.54, 1.807) is 7.11 Å². The summed E-state index contributed by atoms with van der Waals surface area (Å²) in [5.41, 5.74) is 4.64. The minimum Gasteiger partial charge on any atom is -0.497 e. The molecule has 1 aromatic carbocycles. The van der Waals surface area contributed by atoms with Crippen molar-refractivity contribution in [1.29, 1.82) is 0 Å². The number of hydrogen-bond acceptors (Lipinski definition) is 4. The van der Waals surface area contributed by atoms with E-state index in [-0.39, 0.29) is 0 Å². The van der Waals surface area contributed by atoms with Crippen LogP contribution < -0.4 is 10.1 Å². The molecule has 0 saturated heterocycles. The third kappa shape index (κ3) is 2.83. The Morgan fingerprint density at radius 2 is 2.00 bits per heavy atom. The second-order valence-corrected chi connectivity index (χ2v) is 5.82. The van der Waals surface area contributed by atoms with Gasteiger partial charge in [-0.25, -0.2) is 9.97 Å². The van der Waals surface area contributed by atoms with Gasteiger partial charge in [-0.15, -0.1) is 0 Å². The molecular weight excluding hydrogens is 274 g/mol. The molecule has 1 aromatic heterocycles. The molecule has 1 N–H and O–H groups in total. The number of benzene rings is 1. The molecule has 4 nitrogen and oxygen atoms in total. The Morgan fingerprint density at radius 3 is 2.68 bits per heavy atom. The van der Waals surface area contributed by atoms with Gasteiger partial charge in [-0.2, -0.15) is 0 Å². The molecule has 0 amide bonds. The number of aromatic nitrogens is 2. The lowest BCUT2D eigenvalue weighted by Gasteiger charge is -2.21. The van der Waals surface area contributed by atoms with Crippen molar-refractivity contribution in [1.82, 2.24) is 15.3 Å². The first-order valence-corrected chi connectivity index (χ1v) is 7.97. The maximum atomic E-state index is 5.25.